The highest BCUT2D eigenvalue weighted by Gasteiger charge is 2.46. The van der Waals surface area contributed by atoms with E-state index in [0.29, 0.717) is 23.3 Å². The zero-order valence-electron chi connectivity index (χ0n) is 12.7. The first-order valence-corrected chi connectivity index (χ1v) is 7.75. The number of nitrogens with zero attached hydrogens (tertiary/aromatic N) is 2. The second kappa shape index (κ2) is 7.49. The lowest BCUT2D eigenvalue weighted by atomic mass is 9.83. The number of halogens is 3. The number of alkyl halides is 3. The molecule has 0 radical (unpaired) electrons. The van der Waals surface area contributed by atoms with Crippen LogP contribution < -0.4 is 0 Å². The van der Waals surface area contributed by atoms with Crippen LogP contribution in [0.25, 0.3) is 0 Å². The van der Waals surface area contributed by atoms with Crippen molar-refractivity contribution < 1.29 is 18.0 Å². The molecule has 1 aromatic rings. The number of hydrogen-bond donors (Lipinski definition) is 0. The maximum absolute atomic E-state index is 13.0. The Bertz CT molecular complexity index is 559. The van der Waals surface area contributed by atoms with Gasteiger partial charge in [0.05, 0.1) is 6.07 Å². The van der Waals surface area contributed by atoms with Crippen LogP contribution in [0.4, 0.5) is 13.2 Å². The molecule has 0 N–H and O–H groups in total. The topological polar surface area (TPSA) is 44.1 Å². The Morgan fingerprint density at radius 2 is 1.83 bits per heavy atom. The van der Waals surface area contributed by atoms with Crippen molar-refractivity contribution in [3.63, 3.8) is 0 Å². The lowest BCUT2D eigenvalue weighted by Crippen LogP contribution is -2.49. The van der Waals surface area contributed by atoms with Crippen molar-refractivity contribution >= 4 is 5.91 Å². The van der Waals surface area contributed by atoms with Gasteiger partial charge >= 0.3 is 12.1 Å². The van der Waals surface area contributed by atoms with Crippen LogP contribution in [0, 0.1) is 17.2 Å². The highest BCUT2D eigenvalue weighted by Crippen LogP contribution is 2.31. The van der Waals surface area contributed by atoms with Crippen LogP contribution in [0.15, 0.2) is 30.3 Å². The number of amides is 1. The van der Waals surface area contributed by atoms with Gasteiger partial charge in [-0.25, -0.2) is 0 Å². The van der Waals surface area contributed by atoms with Crippen molar-refractivity contribution in [1.29, 1.82) is 5.26 Å². The van der Waals surface area contributed by atoms with E-state index in [1.807, 2.05) is 6.07 Å². The van der Waals surface area contributed by atoms with Crippen molar-refractivity contribution in [3.8, 4) is 6.07 Å². The van der Waals surface area contributed by atoms with Gasteiger partial charge in [0.2, 0.25) is 0 Å². The van der Waals surface area contributed by atoms with Gasteiger partial charge in [0.1, 0.15) is 6.04 Å². The summed E-state index contributed by atoms with van der Waals surface area (Å²) in [6.45, 7) is -0.200. The molecular weight excluding hydrogens is 305 g/mol. The molecule has 0 aliphatic heterocycles. The zero-order chi connectivity index (χ0) is 16.9. The number of rotatable bonds is 4. The molecule has 6 heteroatoms. The Morgan fingerprint density at radius 1 is 1.22 bits per heavy atom. The molecule has 1 atom stereocenters. The predicted molar refractivity (Wildman–Crippen MR) is 79.0 cm³/mol. The summed E-state index contributed by atoms with van der Waals surface area (Å²) in [6, 6.07) is 9.39. The average Bonchev–Trinajstić information content (AvgIpc) is 2.55. The summed E-state index contributed by atoms with van der Waals surface area (Å²) < 4.78 is 38.9. The van der Waals surface area contributed by atoms with Crippen LogP contribution >= 0.6 is 0 Å². The van der Waals surface area contributed by atoms with E-state index in [1.54, 1.807) is 30.3 Å². The SMILES string of the molecule is N#CC(C1CCCCC1)N(Cc1ccccc1)C(=O)C(F)(F)F. The van der Waals surface area contributed by atoms with Crippen molar-refractivity contribution in [2.24, 2.45) is 5.92 Å². The Hall–Kier alpha value is -2.03. The summed E-state index contributed by atoms with van der Waals surface area (Å²) in [5, 5.41) is 9.43. The monoisotopic (exact) mass is 324 g/mol. The molecule has 0 heterocycles. The van der Waals surface area contributed by atoms with Crippen LogP contribution in [-0.2, 0) is 11.3 Å². The fraction of sp³-hybridized carbons (Fsp3) is 0.529. The van der Waals surface area contributed by atoms with Crippen LogP contribution in [-0.4, -0.2) is 23.0 Å². The lowest BCUT2D eigenvalue weighted by molar-refractivity contribution is -0.188. The molecule has 23 heavy (non-hydrogen) atoms. The molecule has 1 saturated carbocycles. The largest absolute Gasteiger partial charge is 0.471 e. The number of benzene rings is 1. The minimum atomic E-state index is -4.97. The minimum absolute atomic E-state index is 0.191. The molecular formula is C17H19F3N2O. The molecule has 124 valence electrons. The quantitative estimate of drug-likeness (QED) is 0.838. The van der Waals surface area contributed by atoms with Gasteiger partial charge in [-0.3, -0.25) is 4.79 Å². The number of carbonyl (C=O) groups excluding carboxylic acids is 1. The standard InChI is InChI=1S/C17H19F3N2O/c18-17(19,20)16(23)22(12-13-7-3-1-4-8-13)15(11-21)14-9-5-2-6-10-14/h1,3-4,7-8,14-15H,2,5-6,9-10,12H2. The van der Waals surface area contributed by atoms with Gasteiger partial charge in [0, 0.05) is 6.54 Å². The second-order valence-electron chi connectivity index (χ2n) is 5.89. The summed E-state index contributed by atoms with van der Waals surface area (Å²) in [5.74, 6) is -2.12. The van der Waals surface area contributed by atoms with Crippen LogP contribution in [0.1, 0.15) is 37.7 Å². The molecule has 1 aliphatic carbocycles. The van der Waals surface area contributed by atoms with Gasteiger partial charge in [-0.15, -0.1) is 0 Å². The molecule has 0 aromatic heterocycles. The molecule has 1 unspecified atom stereocenters. The van der Waals surface area contributed by atoms with Gasteiger partial charge in [0.15, 0.2) is 0 Å². The molecule has 1 aliphatic rings. The smallest absolute Gasteiger partial charge is 0.314 e. The molecule has 1 aromatic carbocycles. The molecule has 0 bridgehead atoms. The van der Waals surface area contributed by atoms with Crippen LogP contribution in [0.5, 0.6) is 0 Å². The third kappa shape index (κ3) is 4.47. The minimum Gasteiger partial charge on any atom is -0.314 e. The van der Waals surface area contributed by atoms with Crippen LogP contribution in [0.3, 0.4) is 0 Å². The third-order valence-electron chi connectivity index (χ3n) is 4.26. The molecule has 0 saturated heterocycles. The van der Waals surface area contributed by atoms with E-state index in [4.69, 9.17) is 0 Å². The summed E-state index contributed by atoms with van der Waals surface area (Å²) >= 11 is 0. The second-order valence-corrected chi connectivity index (χ2v) is 5.89. The first kappa shape index (κ1) is 17.3. The maximum Gasteiger partial charge on any atom is 0.471 e. The Labute approximate surface area is 133 Å². The van der Waals surface area contributed by atoms with E-state index in [2.05, 4.69) is 0 Å². The lowest BCUT2D eigenvalue weighted by Gasteiger charge is -2.35. The van der Waals surface area contributed by atoms with Crippen molar-refractivity contribution in [2.75, 3.05) is 0 Å². The van der Waals surface area contributed by atoms with E-state index in [9.17, 15) is 23.2 Å². The predicted octanol–water partition coefficient (Wildman–Crippen LogP) is 4.05. The van der Waals surface area contributed by atoms with E-state index >= 15 is 0 Å². The fourth-order valence-corrected chi connectivity index (χ4v) is 3.12. The summed E-state index contributed by atoms with van der Waals surface area (Å²) in [6.07, 6.45) is -0.785. The van der Waals surface area contributed by atoms with Gasteiger partial charge in [0.25, 0.3) is 0 Å². The maximum atomic E-state index is 13.0. The van der Waals surface area contributed by atoms with Crippen LogP contribution in [0.2, 0.25) is 0 Å². The third-order valence-corrected chi connectivity index (χ3v) is 4.26. The number of carbonyl (C=O) groups is 1. The first-order valence-electron chi connectivity index (χ1n) is 7.75. The summed E-state index contributed by atoms with van der Waals surface area (Å²) in [5.41, 5.74) is 0.584. The van der Waals surface area contributed by atoms with Gasteiger partial charge in [-0.1, -0.05) is 49.6 Å². The molecule has 0 spiro atoms. The summed E-state index contributed by atoms with van der Waals surface area (Å²) in [4.78, 5) is 12.6. The van der Waals surface area contributed by atoms with Crippen molar-refractivity contribution in [3.05, 3.63) is 35.9 Å². The molecule has 1 amide bonds. The normalized spacial score (nSPS) is 17.3. The van der Waals surface area contributed by atoms with Gasteiger partial charge in [-0.05, 0) is 24.3 Å². The Kier molecular flexibility index (Phi) is 5.64. The Balaban J connectivity index is 2.27. The van der Waals surface area contributed by atoms with Crippen molar-refractivity contribution in [1.82, 2.24) is 4.90 Å². The van der Waals surface area contributed by atoms with Crippen molar-refractivity contribution in [2.45, 2.75) is 50.9 Å². The number of hydrogen-bond acceptors (Lipinski definition) is 2. The Morgan fingerprint density at radius 3 is 2.35 bits per heavy atom. The van der Waals surface area contributed by atoms with E-state index in [-0.39, 0.29) is 12.5 Å². The highest BCUT2D eigenvalue weighted by molar-refractivity contribution is 5.82. The van der Waals surface area contributed by atoms with E-state index in [0.717, 1.165) is 19.3 Å². The molecule has 2 rings (SSSR count). The summed E-state index contributed by atoms with van der Waals surface area (Å²) in [7, 11) is 0. The first-order chi connectivity index (χ1) is 10.9. The highest BCUT2D eigenvalue weighted by atomic mass is 19.4. The zero-order valence-corrected chi connectivity index (χ0v) is 12.7. The van der Waals surface area contributed by atoms with E-state index < -0.39 is 18.1 Å². The average molecular weight is 324 g/mol. The van der Waals surface area contributed by atoms with Gasteiger partial charge in [-0.2, -0.15) is 18.4 Å². The van der Waals surface area contributed by atoms with E-state index in [1.165, 1.54) is 0 Å². The number of nitriles is 1. The molecule has 3 nitrogen and oxygen atoms in total. The fourth-order valence-electron chi connectivity index (χ4n) is 3.12. The van der Waals surface area contributed by atoms with Gasteiger partial charge < -0.3 is 4.90 Å². The molecule has 1 fully saturated rings.